The summed E-state index contributed by atoms with van der Waals surface area (Å²) < 4.78 is 47.3. The molecule has 1 saturated carbocycles. The lowest BCUT2D eigenvalue weighted by Crippen LogP contribution is -2.32. The van der Waals surface area contributed by atoms with Gasteiger partial charge in [-0.05, 0) is 81.9 Å². The van der Waals surface area contributed by atoms with Gasteiger partial charge in [0, 0.05) is 5.02 Å². The number of hydrogen-bond donors (Lipinski definition) is 1. The number of carbonyl (C=O) groups excluding carboxylic acids is 1. The van der Waals surface area contributed by atoms with Crippen LogP contribution >= 0.6 is 11.6 Å². The molecule has 2 fully saturated rings. The first kappa shape index (κ1) is 25.6. The van der Waals surface area contributed by atoms with E-state index < -0.39 is 35.7 Å². The van der Waals surface area contributed by atoms with E-state index in [1.54, 1.807) is 6.07 Å². The average Bonchev–Trinajstić information content (AvgIpc) is 3.29. The van der Waals surface area contributed by atoms with Gasteiger partial charge in [0.15, 0.2) is 17.3 Å². The van der Waals surface area contributed by atoms with E-state index in [0.29, 0.717) is 30.7 Å². The highest BCUT2D eigenvalue weighted by atomic mass is 35.5. The lowest BCUT2D eigenvalue weighted by atomic mass is 9.90. The predicted molar refractivity (Wildman–Crippen MR) is 129 cm³/mol. The van der Waals surface area contributed by atoms with Crippen molar-refractivity contribution in [2.75, 3.05) is 20.1 Å². The van der Waals surface area contributed by atoms with Crippen molar-refractivity contribution in [2.24, 2.45) is 5.92 Å². The van der Waals surface area contributed by atoms with Gasteiger partial charge >= 0.3 is 0 Å². The van der Waals surface area contributed by atoms with Crippen LogP contribution in [0.1, 0.15) is 55.6 Å². The lowest BCUT2D eigenvalue weighted by Gasteiger charge is -2.28. The SMILES string of the molecule is CN1CCC(CC(=N)C(=O)Cn2nc(-c3nc(C4(c5ccc(F)cc5Cl)CC4)no3)cc2C(F)F)CC1. The molecule has 0 amide bonds. The molecule has 196 valence electrons. The van der Waals surface area contributed by atoms with Gasteiger partial charge in [0.2, 0.25) is 0 Å². The molecule has 0 spiro atoms. The minimum Gasteiger partial charge on any atom is -0.332 e. The van der Waals surface area contributed by atoms with E-state index in [0.717, 1.165) is 36.7 Å². The molecule has 1 N–H and O–H groups in total. The van der Waals surface area contributed by atoms with Crippen LogP contribution in [0, 0.1) is 17.1 Å². The number of nitrogens with one attached hydrogen (secondary N) is 1. The molecule has 1 aromatic carbocycles. The van der Waals surface area contributed by atoms with Crippen molar-refractivity contribution in [2.45, 2.75) is 50.5 Å². The zero-order valence-electron chi connectivity index (χ0n) is 20.2. The molecule has 0 bridgehead atoms. The van der Waals surface area contributed by atoms with Crippen molar-refractivity contribution in [1.82, 2.24) is 24.8 Å². The number of halogens is 4. The molecule has 1 aliphatic heterocycles. The number of carbonyl (C=O) groups is 1. The number of aromatic nitrogens is 4. The monoisotopic (exact) mass is 534 g/mol. The van der Waals surface area contributed by atoms with Crippen LogP contribution in [-0.2, 0) is 16.8 Å². The number of benzene rings is 1. The minimum atomic E-state index is -2.90. The predicted octanol–water partition coefficient (Wildman–Crippen LogP) is 5.06. The maximum Gasteiger partial charge on any atom is 0.280 e. The third-order valence-corrected chi connectivity index (χ3v) is 7.58. The largest absolute Gasteiger partial charge is 0.332 e. The summed E-state index contributed by atoms with van der Waals surface area (Å²) in [4.78, 5) is 19.3. The minimum absolute atomic E-state index is 0.00435. The van der Waals surface area contributed by atoms with E-state index >= 15 is 0 Å². The Bertz CT molecular complexity index is 1330. The zero-order chi connectivity index (χ0) is 26.3. The van der Waals surface area contributed by atoms with Crippen LogP contribution in [0.4, 0.5) is 13.2 Å². The van der Waals surface area contributed by atoms with Gasteiger partial charge in [-0.1, -0.05) is 22.8 Å². The van der Waals surface area contributed by atoms with Crippen molar-refractivity contribution in [3.05, 3.63) is 52.2 Å². The van der Waals surface area contributed by atoms with Crippen LogP contribution in [-0.4, -0.2) is 56.5 Å². The lowest BCUT2D eigenvalue weighted by molar-refractivity contribution is -0.114. The molecule has 3 heterocycles. The van der Waals surface area contributed by atoms with Crippen molar-refractivity contribution in [3.8, 4) is 11.6 Å². The van der Waals surface area contributed by atoms with Gasteiger partial charge < -0.3 is 14.8 Å². The van der Waals surface area contributed by atoms with Crippen molar-refractivity contribution >= 4 is 23.1 Å². The number of rotatable bonds is 9. The van der Waals surface area contributed by atoms with Crippen LogP contribution in [0.25, 0.3) is 11.6 Å². The standard InChI is InChI=1S/C25H26ClF3N6O2/c1-34-8-4-14(5-9-34)10-18(30)21(36)13-35-20(22(28)29)12-19(32-35)23-31-24(33-37-23)25(6-7-25)16-3-2-15(27)11-17(16)26/h2-3,11-12,14,22,30H,4-10,13H2,1H3. The van der Waals surface area contributed by atoms with E-state index in [4.69, 9.17) is 21.5 Å². The maximum absolute atomic E-state index is 13.8. The molecule has 1 aliphatic carbocycles. The third kappa shape index (κ3) is 5.19. The average molecular weight is 535 g/mol. The number of alkyl halides is 2. The van der Waals surface area contributed by atoms with Crippen molar-refractivity contribution in [1.29, 1.82) is 5.41 Å². The second-order valence-corrected chi connectivity index (χ2v) is 10.3. The van der Waals surface area contributed by atoms with Crippen LogP contribution in [0.3, 0.4) is 0 Å². The summed E-state index contributed by atoms with van der Waals surface area (Å²) in [6.07, 6.45) is 0.553. The molecule has 5 rings (SSSR count). The topological polar surface area (TPSA) is 101 Å². The summed E-state index contributed by atoms with van der Waals surface area (Å²) in [6, 6.07) is 5.22. The number of piperidine rings is 1. The highest BCUT2D eigenvalue weighted by Gasteiger charge is 2.51. The van der Waals surface area contributed by atoms with Crippen LogP contribution in [0.5, 0.6) is 0 Å². The highest BCUT2D eigenvalue weighted by Crippen LogP contribution is 2.54. The summed E-state index contributed by atoms with van der Waals surface area (Å²) in [6.45, 7) is 1.34. The van der Waals surface area contributed by atoms with E-state index in [1.165, 1.54) is 12.1 Å². The zero-order valence-corrected chi connectivity index (χ0v) is 20.9. The number of nitrogens with zero attached hydrogens (tertiary/aromatic N) is 5. The Morgan fingerprint density at radius 3 is 2.65 bits per heavy atom. The highest BCUT2D eigenvalue weighted by molar-refractivity contribution is 6.38. The quantitative estimate of drug-likeness (QED) is 0.385. The van der Waals surface area contributed by atoms with E-state index in [-0.39, 0.29) is 28.2 Å². The molecular weight excluding hydrogens is 509 g/mol. The molecule has 2 aliphatic rings. The number of hydrogen-bond acceptors (Lipinski definition) is 7. The molecule has 2 aromatic heterocycles. The van der Waals surface area contributed by atoms with Crippen LogP contribution in [0.2, 0.25) is 5.02 Å². The fraction of sp³-hybridized carbons (Fsp3) is 0.480. The van der Waals surface area contributed by atoms with Crippen LogP contribution in [0.15, 0.2) is 28.8 Å². The summed E-state index contributed by atoms with van der Waals surface area (Å²) in [5.41, 5.74) is -0.531. The van der Waals surface area contributed by atoms with Gasteiger partial charge in [-0.15, -0.1) is 0 Å². The Labute approximate surface area is 216 Å². The number of likely N-dealkylation sites (tertiary alicyclic amines) is 1. The molecule has 3 aromatic rings. The van der Waals surface area contributed by atoms with E-state index in [1.807, 2.05) is 7.05 Å². The third-order valence-electron chi connectivity index (χ3n) is 7.27. The Balaban J connectivity index is 1.33. The first-order valence-corrected chi connectivity index (χ1v) is 12.5. The molecular formula is C25H26ClF3N6O2. The Morgan fingerprint density at radius 2 is 2.00 bits per heavy atom. The molecule has 12 heteroatoms. The van der Waals surface area contributed by atoms with Gasteiger partial charge in [0.25, 0.3) is 12.3 Å². The van der Waals surface area contributed by atoms with Gasteiger partial charge in [-0.25, -0.2) is 13.2 Å². The Kier molecular flexibility index (Phi) is 6.93. The van der Waals surface area contributed by atoms with Crippen LogP contribution < -0.4 is 0 Å². The molecule has 1 saturated heterocycles. The van der Waals surface area contributed by atoms with Crippen molar-refractivity contribution in [3.63, 3.8) is 0 Å². The van der Waals surface area contributed by atoms with Gasteiger partial charge in [-0.3, -0.25) is 9.48 Å². The molecule has 8 nitrogen and oxygen atoms in total. The normalized spacial score (nSPS) is 17.9. The van der Waals surface area contributed by atoms with Crippen molar-refractivity contribution < 1.29 is 22.5 Å². The first-order chi connectivity index (χ1) is 17.7. The molecule has 0 radical (unpaired) electrons. The Morgan fingerprint density at radius 1 is 1.27 bits per heavy atom. The van der Waals surface area contributed by atoms with Gasteiger partial charge in [0.1, 0.15) is 18.1 Å². The fourth-order valence-corrected chi connectivity index (χ4v) is 5.22. The maximum atomic E-state index is 13.8. The molecule has 0 unspecified atom stereocenters. The summed E-state index contributed by atoms with van der Waals surface area (Å²) in [5, 5.41) is 16.6. The van der Waals surface area contributed by atoms with Gasteiger partial charge in [0.05, 0.1) is 11.1 Å². The second kappa shape index (κ2) is 10.0. The first-order valence-electron chi connectivity index (χ1n) is 12.1. The number of Topliss-reactive ketones (excluding diaryl/α,β-unsaturated/α-hetero) is 1. The smallest absolute Gasteiger partial charge is 0.280 e. The fourth-order valence-electron chi connectivity index (χ4n) is 4.88. The second-order valence-electron chi connectivity index (χ2n) is 9.89. The Hall–Kier alpha value is -3.05. The number of ketones is 1. The summed E-state index contributed by atoms with van der Waals surface area (Å²) >= 11 is 6.25. The van der Waals surface area contributed by atoms with E-state index in [9.17, 15) is 18.0 Å². The van der Waals surface area contributed by atoms with E-state index in [2.05, 4.69) is 20.1 Å². The molecule has 0 atom stereocenters. The molecule has 37 heavy (non-hydrogen) atoms. The summed E-state index contributed by atoms with van der Waals surface area (Å²) in [5.74, 6) is -0.548. The van der Waals surface area contributed by atoms with Gasteiger partial charge in [-0.2, -0.15) is 10.1 Å². The summed E-state index contributed by atoms with van der Waals surface area (Å²) in [7, 11) is 2.03.